The Morgan fingerprint density at radius 1 is 1.29 bits per heavy atom. The highest BCUT2D eigenvalue weighted by Crippen LogP contribution is 2.15. The molecule has 6 heteroatoms. The highest BCUT2D eigenvalue weighted by atomic mass is 16.5. The summed E-state index contributed by atoms with van der Waals surface area (Å²) in [5.41, 5.74) is 3.49. The van der Waals surface area contributed by atoms with Crippen molar-refractivity contribution >= 4 is 5.91 Å². The lowest BCUT2D eigenvalue weighted by Gasteiger charge is -2.33. The van der Waals surface area contributed by atoms with Gasteiger partial charge in [0, 0.05) is 31.9 Å². The van der Waals surface area contributed by atoms with E-state index in [1.165, 1.54) is 5.56 Å². The maximum Gasteiger partial charge on any atom is 0.255 e. The Morgan fingerprint density at radius 2 is 2.04 bits per heavy atom. The van der Waals surface area contributed by atoms with Crippen LogP contribution in [0.25, 0.3) is 0 Å². The van der Waals surface area contributed by atoms with Gasteiger partial charge in [0.2, 0.25) is 0 Å². The van der Waals surface area contributed by atoms with Crippen LogP contribution in [0.2, 0.25) is 0 Å². The molecule has 2 heterocycles. The summed E-state index contributed by atoms with van der Waals surface area (Å²) in [6, 6.07) is 10.2. The molecule has 0 aliphatic carbocycles. The van der Waals surface area contributed by atoms with E-state index in [2.05, 4.69) is 41.3 Å². The maximum atomic E-state index is 12.8. The molecule has 1 aromatic heterocycles. The van der Waals surface area contributed by atoms with Crippen LogP contribution in [0.1, 0.15) is 41.2 Å². The van der Waals surface area contributed by atoms with Crippen LogP contribution in [-0.4, -0.2) is 59.5 Å². The van der Waals surface area contributed by atoms with Crippen LogP contribution in [0.4, 0.5) is 0 Å². The zero-order chi connectivity index (χ0) is 20.1. The van der Waals surface area contributed by atoms with Crippen molar-refractivity contribution in [3.8, 4) is 0 Å². The molecule has 6 nitrogen and oxygen atoms in total. The number of rotatable bonds is 7. The van der Waals surface area contributed by atoms with Gasteiger partial charge in [0.15, 0.2) is 0 Å². The lowest BCUT2D eigenvalue weighted by Crippen LogP contribution is -2.48. The van der Waals surface area contributed by atoms with Gasteiger partial charge in [-0.15, -0.1) is 0 Å². The minimum atomic E-state index is -0.0705. The first kappa shape index (κ1) is 20.6. The van der Waals surface area contributed by atoms with Crippen molar-refractivity contribution in [2.75, 3.05) is 32.8 Å². The number of hydrogen-bond donors (Lipinski definition) is 1. The zero-order valence-electron chi connectivity index (χ0n) is 17.4. The molecule has 0 spiro atoms. The van der Waals surface area contributed by atoms with Gasteiger partial charge >= 0.3 is 0 Å². The van der Waals surface area contributed by atoms with Crippen LogP contribution >= 0.6 is 0 Å². The average molecular weight is 385 g/mol. The predicted molar refractivity (Wildman–Crippen MR) is 111 cm³/mol. The summed E-state index contributed by atoms with van der Waals surface area (Å²) in [5, 5.41) is 7.64. The van der Waals surface area contributed by atoms with E-state index >= 15 is 0 Å². The van der Waals surface area contributed by atoms with Gasteiger partial charge in [-0.3, -0.25) is 14.4 Å². The van der Waals surface area contributed by atoms with E-state index in [0.717, 1.165) is 37.6 Å². The number of hydrogen-bond acceptors (Lipinski definition) is 4. The maximum absolute atomic E-state index is 12.8. The molecule has 28 heavy (non-hydrogen) atoms. The van der Waals surface area contributed by atoms with E-state index in [1.54, 1.807) is 0 Å². The predicted octanol–water partition coefficient (Wildman–Crippen LogP) is 2.63. The van der Waals surface area contributed by atoms with Crippen molar-refractivity contribution in [3.05, 3.63) is 52.8 Å². The standard InChI is InChI=1S/C22H32N4O2/c1-16(2)13-25-10-11-28-20(15-25)12-23-22(27)21-17(3)24-26(18(21)4)14-19-8-6-5-7-9-19/h5-9,16,20H,10-15H2,1-4H3,(H,23,27)/t20-/m1/s1. The number of nitrogens with one attached hydrogen (secondary N) is 1. The summed E-state index contributed by atoms with van der Waals surface area (Å²) >= 11 is 0. The number of carbonyl (C=O) groups is 1. The molecule has 0 unspecified atom stereocenters. The Morgan fingerprint density at radius 3 is 2.75 bits per heavy atom. The molecule has 2 aromatic rings. The number of carbonyl (C=O) groups excluding carboxylic acids is 1. The molecule has 0 saturated carbocycles. The molecular formula is C22H32N4O2. The van der Waals surface area contributed by atoms with Gasteiger partial charge in [-0.2, -0.15) is 5.10 Å². The fourth-order valence-electron chi connectivity index (χ4n) is 3.82. The summed E-state index contributed by atoms with van der Waals surface area (Å²) in [6.07, 6.45) is 0.0384. The van der Waals surface area contributed by atoms with Crippen molar-refractivity contribution in [2.24, 2.45) is 5.92 Å². The van der Waals surface area contributed by atoms with Crippen LogP contribution in [0.3, 0.4) is 0 Å². The Bertz CT molecular complexity index is 785. The van der Waals surface area contributed by atoms with Gasteiger partial charge < -0.3 is 10.1 Å². The summed E-state index contributed by atoms with van der Waals surface area (Å²) in [4.78, 5) is 15.2. The number of ether oxygens (including phenoxy) is 1. The molecule has 1 aliphatic rings. The third kappa shape index (κ3) is 5.20. The van der Waals surface area contributed by atoms with Crippen LogP contribution in [0, 0.1) is 19.8 Å². The van der Waals surface area contributed by atoms with E-state index < -0.39 is 0 Å². The smallest absolute Gasteiger partial charge is 0.255 e. The minimum Gasteiger partial charge on any atom is -0.374 e. The summed E-state index contributed by atoms with van der Waals surface area (Å²) < 4.78 is 7.75. The summed E-state index contributed by atoms with van der Waals surface area (Å²) in [5.74, 6) is 0.563. The molecule has 152 valence electrons. The first-order valence-electron chi connectivity index (χ1n) is 10.1. The van der Waals surface area contributed by atoms with E-state index in [4.69, 9.17) is 4.74 Å². The summed E-state index contributed by atoms with van der Waals surface area (Å²) in [7, 11) is 0. The zero-order valence-corrected chi connectivity index (χ0v) is 17.4. The monoisotopic (exact) mass is 384 g/mol. The first-order chi connectivity index (χ1) is 13.4. The molecule has 1 fully saturated rings. The largest absolute Gasteiger partial charge is 0.374 e. The normalized spacial score (nSPS) is 17.8. The number of benzene rings is 1. The van der Waals surface area contributed by atoms with Gasteiger partial charge in [0.25, 0.3) is 5.91 Å². The SMILES string of the molecule is Cc1nn(Cc2ccccc2)c(C)c1C(=O)NC[C@@H]1CN(CC(C)C)CCO1. The van der Waals surface area contributed by atoms with Crippen LogP contribution in [0.15, 0.2) is 30.3 Å². The topological polar surface area (TPSA) is 59.4 Å². The van der Waals surface area contributed by atoms with Crippen molar-refractivity contribution in [1.82, 2.24) is 20.0 Å². The molecule has 1 saturated heterocycles. The fraction of sp³-hybridized carbons (Fsp3) is 0.545. The van der Waals surface area contributed by atoms with Crippen molar-refractivity contribution in [2.45, 2.75) is 40.3 Å². The Kier molecular flexibility index (Phi) is 6.86. The van der Waals surface area contributed by atoms with Gasteiger partial charge in [-0.25, -0.2) is 0 Å². The molecule has 1 atom stereocenters. The highest BCUT2D eigenvalue weighted by Gasteiger charge is 2.23. The van der Waals surface area contributed by atoms with Crippen LogP contribution in [0.5, 0.6) is 0 Å². The van der Waals surface area contributed by atoms with E-state index in [0.29, 0.717) is 24.6 Å². The molecule has 1 amide bonds. The second kappa shape index (κ2) is 9.34. The van der Waals surface area contributed by atoms with Crippen molar-refractivity contribution in [3.63, 3.8) is 0 Å². The lowest BCUT2D eigenvalue weighted by molar-refractivity contribution is -0.0295. The number of nitrogens with zero attached hydrogens (tertiary/aromatic N) is 3. The molecular weight excluding hydrogens is 352 g/mol. The van der Waals surface area contributed by atoms with Crippen LogP contribution in [-0.2, 0) is 11.3 Å². The van der Waals surface area contributed by atoms with Gasteiger partial charge in [0.1, 0.15) is 0 Å². The fourth-order valence-corrected chi connectivity index (χ4v) is 3.82. The van der Waals surface area contributed by atoms with Crippen molar-refractivity contribution in [1.29, 1.82) is 0 Å². The number of aryl methyl sites for hydroxylation is 1. The van der Waals surface area contributed by atoms with Gasteiger partial charge in [-0.1, -0.05) is 44.2 Å². The second-order valence-corrected chi connectivity index (χ2v) is 8.05. The molecule has 3 rings (SSSR count). The van der Waals surface area contributed by atoms with E-state index in [-0.39, 0.29) is 12.0 Å². The minimum absolute atomic E-state index is 0.0384. The Hall–Kier alpha value is -2.18. The van der Waals surface area contributed by atoms with Gasteiger partial charge in [0.05, 0.1) is 30.5 Å². The number of amides is 1. The number of aromatic nitrogens is 2. The summed E-state index contributed by atoms with van der Waals surface area (Å²) in [6.45, 7) is 13.1. The highest BCUT2D eigenvalue weighted by molar-refractivity contribution is 5.96. The van der Waals surface area contributed by atoms with E-state index in [9.17, 15) is 4.79 Å². The Labute approximate surface area is 167 Å². The van der Waals surface area contributed by atoms with Crippen molar-refractivity contribution < 1.29 is 9.53 Å². The third-order valence-corrected chi connectivity index (χ3v) is 5.12. The molecule has 1 aromatic carbocycles. The Balaban J connectivity index is 1.60. The van der Waals surface area contributed by atoms with Crippen LogP contribution < -0.4 is 5.32 Å². The van der Waals surface area contributed by atoms with E-state index in [1.807, 2.05) is 36.7 Å². The molecule has 0 bridgehead atoms. The lowest BCUT2D eigenvalue weighted by atomic mass is 10.1. The molecule has 1 N–H and O–H groups in total. The average Bonchev–Trinajstić information content (AvgIpc) is 2.94. The third-order valence-electron chi connectivity index (χ3n) is 5.12. The number of morpholine rings is 1. The second-order valence-electron chi connectivity index (χ2n) is 8.05. The molecule has 1 aliphatic heterocycles. The van der Waals surface area contributed by atoms with Gasteiger partial charge in [-0.05, 0) is 25.3 Å². The first-order valence-corrected chi connectivity index (χ1v) is 10.1. The quantitative estimate of drug-likeness (QED) is 0.797. The molecule has 0 radical (unpaired) electrons.